The van der Waals surface area contributed by atoms with Crippen LogP contribution >= 0.6 is 0 Å². The van der Waals surface area contributed by atoms with Gasteiger partial charge in [0.15, 0.2) is 5.96 Å². The summed E-state index contributed by atoms with van der Waals surface area (Å²) in [5, 5.41) is 11.0. The zero-order chi connectivity index (χ0) is 20.6. The van der Waals surface area contributed by atoms with Crippen molar-refractivity contribution in [3.05, 3.63) is 83.9 Å². The van der Waals surface area contributed by atoms with Gasteiger partial charge in [-0.05, 0) is 36.2 Å². The van der Waals surface area contributed by atoms with E-state index in [-0.39, 0.29) is 0 Å². The fourth-order valence-corrected chi connectivity index (χ4v) is 3.36. The van der Waals surface area contributed by atoms with Gasteiger partial charge in [-0.15, -0.1) is 0 Å². The number of guanidine groups is 1. The molecular formula is C23H27N7. The third kappa shape index (κ3) is 5.05. The molecule has 2 heterocycles. The maximum atomic E-state index is 4.78. The second kappa shape index (κ2) is 9.73. The van der Waals surface area contributed by atoms with E-state index >= 15 is 0 Å². The Hall–Kier alpha value is -3.61. The highest BCUT2D eigenvalue weighted by atomic mass is 15.3. The summed E-state index contributed by atoms with van der Waals surface area (Å²) in [6.45, 7) is 4.99. The van der Waals surface area contributed by atoms with Crippen molar-refractivity contribution in [3.8, 4) is 0 Å². The van der Waals surface area contributed by atoms with Crippen LogP contribution in [-0.4, -0.2) is 38.8 Å². The molecule has 0 saturated carbocycles. The minimum atomic E-state index is 0.609. The van der Waals surface area contributed by atoms with E-state index in [2.05, 4.69) is 56.9 Å². The number of hydrogen-bond donors (Lipinski definition) is 3. The van der Waals surface area contributed by atoms with Gasteiger partial charge in [0.25, 0.3) is 0 Å². The van der Waals surface area contributed by atoms with E-state index in [1.807, 2.05) is 41.2 Å². The summed E-state index contributed by atoms with van der Waals surface area (Å²) < 4.78 is 1.93. The number of aromatic nitrogens is 4. The minimum absolute atomic E-state index is 0.609. The zero-order valence-electron chi connectivity index (χ0n) is 17.2. The van der Waals surface area contributed by atoms with Crippen LogP contribution < -0.4 is 10.6 Å². The third-order valence-electron chi connectivity index (χ3n) is 4.85. The second-order valence-corrected chi connectivity index (χ2v) is 7.04. The number of benzene rings is 2. The molecule has 0 fully saturated rings. The molecule has 2 aromatic heterocycles. The van der Waals surface area contributed by atoms with E-state index in [1.54, 1.807) is 6.20 Å². The van der Waals surface area contributed by atoms with Crippen molar-refractivity contribution in [3.63, 3.8) is 0 Å². The van der Waals surface area contributed by atoms with Crippen LogP contribution in [0.25, 0.3) is 11.0 Å². The zero-order valence-corrected chi connectivity index (χ0v) is 17.2. The predicted molar refractivity (Wildman–Crippen MR) is 120 cm³/mol. The summed E-state index contributed by atoms with van der Waals surface area (Å²) in [5.74, 6) is 1.78. The summed E-state index contributed by atoms with van der Waals surface area (Å²) in [7, 11) is 0. The monoisotopic (exact) mass is 401 g/mol. The predicted octanol–water partition coefficient (Wildman–Crippen LogP) is 3.11. The van der Waals surface area contributed by atoms with Gasteiger partial charge >= 0.3 is 0 Å². The molecule has 0 aliphatic heterocycles. The topological polar surface area (TPSA) is 82.9 Å². The summed E-state index contributed by atoms with van der Waals surface area (Å²) >= 11 is 0. The molecule has 0 atom stereocenters. The number of aliphatic imine (C=N–C) groups is 1. The molecule has 0 radical (unpaired) electrons. The molecule has 0 unspecified atom stereocenters. The highest BCUT2D eigenvalue weighted by Gasteiger charge is 2.05. The van der Waals surface area contributed by atoms with Crippen LogP contribution in [-0.2, 0) is 19.5 Å². The van der Waals surface area contributed by atoms with E-state index < -0.39 is 0 Å². The Bertz CT molecular complexity index is 1060. The van der Waals surface area contributed by atoms with Gasteiger partial charge in [-0.3, -0.25) is 4.68 Å². The lowest BCUT2D eigenvalue weighted by atomic mass is 10.1. The maximum Gasteiger partial charge on any atom is 0.191 e. The number of nitrogens with zero attached hydrogens (tertiary/aromatic N) is 4. The average molecular weight is 402 g/mol. The van der Waals surface area contributed by atoms with Gasteiger partial charge in [0.2, 0.25) is 0 Å². The van der Waals surface area contributed by atoms with E-state index in [0.29, 0.717) is 6.54 Å². The summed E-state index contributed by atoms with van der Waals surface area (Å²) in [4.78, 5) is 12.8. The van der Waals surface area contributed by atoms with Crippen molar-refractivity contribution in [2.45, 2.75) is 26.4 Å². The van der Waals surface area contributed by atoms with Crippen molar-refractivity contribution < 1.29 is 0 Å². The van der Waals surface area contributed by atoms with Gasteiger partial charge in [-0.2, -0.15) is 5.10 Å². The quantitative estimate of drug-likeness (QED) is 0.313. The van der Waals surface area contributed by atoms with Gasteiger partial charge in [-0.25, -0.2) is 9.98 Å². The molecule has 0 saturated heterocycles. The first kappa shape index (κ1) is 19.7. The molecule has 154 valence electrons. The van der Waals surface area contributed by atoms with E-state index in [1.165, 1.54) is 11.1 Å². The van der Waals surface area contributed by atoms with Crippen molar-refractivity contribution in [2.75, 3.05) is 13.1 Å². The smallest absolute Gasteiger partial charge is 0.191 e. The van der Waals surface area contributed by atoms with E-state index in [0.717, 1.165) is 48.9 Å². The first-order valence-electron chi connectivity index (χ1n) is 10.3. The Morgan fingerprint density at radius 2 is 1.87 bits per heavy atom. The molecule has 0 spiro atoms. The summed E-state index contributed by atoms with van der Waals surface area (Å²) in [6.07, 6.45) is 4.58. The molecule has 30 heavy (non-hydrogen) atoms. The normalized spacial score (nSPS) is 11.7. The standard InChI is InChI=1S/C23H27N7/c1-2-24-23(25-14-12-22-28-20-10-5-6-11-21(20)29-22)26-16-18-8-3-4-9-19(18)17-30-15-7-13-27-30/h3-11,13,15H,2,12,14,16-17H2,1H3,(H,28,29)(H2,24,25,26). The largest absolute Gasteiger partial charge is 0.357 e. The first-order chi connectivity index (χ1) is 14.8. The van der Waals surface area contributed by atoms with Crippen LogP contribution in [0.3, 0.4) is 0 Å². The molecule has 4 aromatic rings. The second-order valence-electron chi connectivity index (χ2n) is 7.04. The van der Waals surface area contributed by atoms with Crippen molar-refractivity contribution in [2.24, 2.45) is 4.99 Å². The van der Waals surface area contributed by atoms with Crippen LogP contribution in [0.4, 0.5) is 0 Å². The number of rotatable bonds is 8. The van der Waals surface area contributed by atoms with Gasteiger partial charge in [0.05, 0.1) is 24.1 Å². The SMILES string of the molecule is CCNC(=NCc1ccccc1Cn1cccn1)NCCc1nc2ccccc2[nH]1. The molecule has 0 aliphatic rings. The molecule has 2 aromatic carbocycles. The molecule has 7 nitrogen and oxygen atoms in total. The molecule has 0 bridgehead atoms. The Morgan fingerprint density at radius 1 is 1.03 bits per heavy atom. The number of H-pyrrole nitrogens is 1. The van der Waals surface area contributed by atoms with Crippen molar-refractivity contribution in [1.29, 1.82) is 0 Å². The number of nitrogens with one attached hydrogen (secondary N) is 3. The van der Waals surface area contributed by atoms with Crippen LogP contribution in [0.15, 0.2) is 72.0 Å². The van der Waals surface area contributed by atoms with Crippen LogP contribution in [0.5, 0.6) is 0 Å². The fraction of sp³-hybridized carbons (Fsp3) is 0.261. The Labute approximate surface area is 176 Å². The molecular weight excluding hydrogens is 374 g/mol. The summed E-state index contributed by atoms with van der Waals surface area (Å²) in [6, 6.07) is 18.4. The minimum Gasteiger partial charge on any atom is -0.357 e. The molecule has 7 heteroatoms. The average Bonchev–Trinajstić information content (AvgIpc) is 3.42. The Balaban J connectivity index is 1.38. The highest BCUT2D eigenvalue weighted by molar-refractivity contribution is 5.79. The molecule has 4 rings (SSSR count). The molecule has 0 amide bonds. The Morgan fingerprint density at radius 3 is 2.67 bits per heavy atom. The van der Waals surface area contributed by atoms with Crippen LogP contribution in [0, 0.1) is 0 Å². The number of imidazole rings is 1. The van der Waals surface area contributed by atoms with Gasteiger partial charge < -0.3 is 15.6 Å². The van der Waals surface area contributed by atoms with Gasteiger partial charge in [0, 0.05) is 31.9 Å². The van der Waals surface area contributed by atoms with Crippen molar-refractivity contribution in [1.82, 2.24) is 30.4 Å². The lowest BCUT2D eigenvalue weighted by Crippen LogP contribution is -2.38. The maximum absolute atomic E-state index is 4.78. The van der Waals surface area contributed by atoms with E-state index in [4.69, 9.17) is 4.99 Å². The molecule has 0 aliphatic carbocycles. The lowest BCUT2D eigenvalue weighted by Gasteiger charge is -2.12. The highest BCUT2D eigenvalue weighted by Crippen LogP contribution is 2.12. The van der Waals surface area contributed by atoms with Crippen LogP contribution in [0.2, 0.25) is 0 Å². The van der Waals surface area contributed by atoms with Gasteiger partial charge in [0.1, 0.15) is 5.82 Å². The van der Waals surface area contributed by atoms with Crippen LogP contribution in [0.1, 0.15) is 23.9 Å². The lowest BCUT2D eigenvalue weighted by molar-refractivity contribution is 0.680. The fourth-order valence-electron chi connectivity index (χ4n) is 3.36. The first-order valence-corrected chi connectivity index (χ1v) is 10.3. The van der Waals surface area contributed by atoms with Gasteiger partial charge in [-0.1, -0.05) is 36.4 Å². The van der Waals surface area contributed by atoms with E-state index in [9.17, 15) is 0 Å². The number of hydrogen-bond acceptors (Lipinski definition) is 3. The Kier molecular flexibility index (Phi) is 6.39. The number of aromatic amines is 1. The molecule has 3 N–H and O–H groups in total. The van der Waals surface area contributed by atoms with Crippen molar-refractivity contribution >= 4 is 17.0 Å². The third-order valence-corrected chi connectivity index (χ3v) is 4.85. The number of para-hydroxylation sites is 2. The number of fused-ring (bicyclic) bond motifs is 1. The summed E-state index contributed by atoms with van der Waals surface area (Å²) in [5.41, 5.74) is 4.49.